The fourth-order valence-corrected chi connectivity index (χ4v) is 3.71. The number of rotatable bonds is 6. The first-order valence-corrected chi connectivity index (χ1v) is 9.40. The van der Waals surface area contributed by atoms with Crippen LogP contribution in [0.1, 0.15) is 32.1 Å². The zero-order valence-electron chi connectivity index (χ0n) is 15.9. The van der Waals surface area contributed by atoms with Gasteiger partial charge in [0.05, 0.1) is 24.1 Å². The van der Waals surface area contributed by atoms with E-state index in [-0.39, 0.29) is 17.4 Å². The lowest BCUT2D eigenvalue weighted by atomic mass is 10.1. The van der Waals surface area contributed by atoms with E-state index in [4.69, 9.17) is 4.74 Å². The predicted molar refractivity (Wildman–Crippen MR) is 103 cm³/mol. The second-order valence-electron chi connectivity index (χ2n) is 6.20. The molecule has 0 atom stereocenters. The standard InChI is InChI=1S/C19H19FN4O3S/c1-10-15(18(26)27-4)11(2)21-16(10)14(25)9-28-19-23-22-17(24(19)3)12-5-7-13(20)8-6-12/h5-8,21H,9H2,1-4H3. The van der Waals surface area contributed by atoms with Crippen molar-refractivity contribution in [2.75, 3.05) is 12.9 Å². The van der Waals surface area contributed by atoms with Gasteiger partial charge in [-0.15, -0.1) is 10.2 Å². The van der Waals surface area contributed by atoms with E-state index < -0.39 is 5.97 Å². The van der Waals surface area contributed by atoms with E-state index in [1.54, 1.807) is 37.6 Å². The quantitative estimate of drug-likeness (QED) is 0.386. The van der Waals surface area contributed by atoms with Crippen LogP contribution in [0.25, 0.3) is 11.4 Å². The fraction of sp³-hybridized carbons (Fsp3) is 0.263. The van der Waals surface area contributed by atoms with Gasteiger partial charge < -0.3 is 14.3 Å². The number of H-pyrrole nitrogens is 1. The van der Waals surface area contributed by atoms with Gasteiger partial charge in [-0.2, -0.15) is 0 Å². The Bertz CT molecular complexity index is 1040. The van der Waals surface area contributed by atoms with Crippen molar-refractivity contribution in [3.63, 3.8) is 0 Å². The number of methoxy groups -OCH3 is 1. The van der Waals surface area contributed by atoms with Crippen molar-refractivity contribution in [1.82, 2.24) is 19.7 Å². The molecule has 3 aromatic rings. The molecule has 0 aliphatic rings. The molecule has 0 unspecified atom stereocenters. The van der Waals surface area contributed by atoms with Crippen LogP contribution in [-0.2, 0) is 11.8 Å². The minimum atomic E-state index is -0.477. The molecular formula is C19H19FN4O3S. The van der Waals surface area contributed by atoms with Gasteiger partial charge in [-0.25, -0.2) is 9.18 Å². The van der Waals surface area contributed by atoms with Crippen LogP contribution in [-0.4, -0.2) is 44.4 Å². The summed E-state index contributed by atoms with van der Waals surface area (Å²) in [5.41, 5.74) is 2.66. The van der Waals surface area contributed by atoms with Crippen LogP contribution in [0, 0.1) is 19.7 Å². The minimum Gasteiger partial charge on any atom is -0.465 e. The lowest BCUT2D eigenvalue weighted by Gasteiger charge is -2.04. The lowest BCUT2D eigenvalue weighted by Crippen LogP contribution is -2.07. The Kier molecular flexibility index (Phi) is 5.64. The van der Waals surface area contributed by atoms with E-state index in [0.29, 0.717) is 33.5 Å². The summed E-state index contributed by atoms with van der Waals surface area (Å²) in [4.78, 5) is 27.5. The Morgan fingerprint density at radius 3 is 2.54 bits per heavy atom. The molecule has 146 valence electrons. The number of thioether (sulfide) groups is 1. The maximum absolute atomic E-state index is 13.1. The van der Waals surface area contributed by atoms with E-state index in [0.717, 1.165) is 5.56 Å². The average Bonchev–Trinajstić information content (AvgIpc) is 3.19. The second kappa shape index (κ2) is 7.97. The Balaban J connectivity index is 1.76. The molecular weight excluding hydrogens is 383 g/mol. The van der Waals surface area contributed by atoms with Gasteiger partial charge in [-0.1, -0.05) is 11.8 Å². The molecule has 2 heterocycles. The molecule has 0 aliphatic heterocycles. The number of benzene rings is 1. The number of nitrogens with one attached hydrogen (secondary N) is 1. The van der Waals surface area contributed by atoms with Crippen molar-refractivity contribution in [2.24, 2.45) is 7.05 Å². The third-order valence-corrected chi connectivity index (χ3v) is 5.40. The number of aryl methyl sites for hydroxylation is 1. The van der Waals surface area contributed by atoms with E-state index in [1.807, 2.05) is 0 Å². The number of carbonyl (C=O) groups excluding carboxylic acids is 2. The molecule has 7 nitrogen and oxygen atoms in total. The maximum Gasteiger partial charge on any atom is 0.339 e. The van der Waals surface area contributed by atoms with Crippen molar-refractivity contribution in [1.29, 1.82) is 0 Å². The Morgan fingerprint density at radius 2 is 1.89 bits per heavy atom. The smallest absolute Gasteiger partial charge is 0.339 e. The van der Waals surface area contributed by atoms with Crippen LogP contribution in [0.15, 0.2) is 29.4 Å². The average molecular weight is 402 g/mol. The first-order chi connectivity index (χ1) is 13.3. The highest BCUT2D eigenvalue weighted by atomic mass is 32.2. The molecule has 1 N–H and O–H groups in total. The molecule has 0 aliphatic carbocycles. The van der Waals surface area contributed by atoms with Gasteiger partial charge in [0.15, 0.2) is 16.8 Å². The van der Waals surface area contributed by atoms with Crippen LogP contribution in [0.3, 0.4) is 0 Å². The summed E-state index contributed by atoms with van der Waals surface area (Å²) in [7, 11) is 3.09. The van der Waals surface area contributed by atoms with Gasteiger partial charge in [-0.05, 0) is 43.7 Å². The number of ether oxygens (including phenoxy) is 1. The number of hydrogen-bond acceptors (Lipinski definition) is 6. The van der Waals surface area contributed by atoms with Crippen molar-refractivity contribution in [2.45, 2.75) is 19.0 Å². The van der Waals surface area contributed by atoms with Gasteiger partial charge >= 0.3 is 5.97 Å². The van der Waals surface area contributed by atoms with Crippen LogP contribution < -0.4 is 0 Å². The summed E-state index contributed by atoms with van der Waals surface area (Å²) in [5, 5.41) is 8.80. The molecule has 1 aromatic carbocycles. The largest absolute Gasteiger partial charge is 0.465 e. The maximum atomic E-state index is 13.1. The summed E-state index contributed by atoms with van der Waals surface area (Å²) >= 11 is 1.24. The molecule has 0 spiro atoms. The molecule has 0 saturated heterocycles. The van der Waals surface area contributed by atoms with E-state index >= 15 is 0 Å². The Labute approximate surface area is 165 Å². The summed E-state index contributed by atoms with van der Waals surface area (Å²) < 4.78 is 19.6. The van der Waals surface area contributed by atoms with E-state index in [1.165, 1.54) is 31.0 Å². The highest BCUT2D eigenvalue weighted by Gasteiger charge is 2.23. The molecule has 28 heavy (non-hydrogen) atoms. The number of carbonyl (C=O) groups is 2. The normalized spacial score (nSPS) is 10.9. The van der Waals surface area contributed by atoms with Gasteiger partial charge in [0.2, 0.25) is 0 Å². The van der Waals surface area contributed by atoms with Crippen LogP contribution in [0.4, 0.5) is 4.39 Å². The number of aromatic nitrogens is 4. The first-order valence-electron chi connectivity index (χ1n) is 8.42. The van der Waals surface area contributed by atoms with Gasteiger partial charge in [0.1, 0.15) is 5.82 Å². The summed E-state index contributed by atoms with van der Waals surface area (Å²) in [6.07, 6.45) is 0. The summed E-state index contributed by atoms with van der Waals surface area (Å²) in [5.74, 6) is -0.261. The van der Waals surface area contributed by atoms with Crippen molar-refractivity contribution >= 4 is 23.5 Å². The second-order valence-corrected chi connectivity index (χ2v) is 7.14. The van der Waals surface area contributed by atoms with Crippen molar-refractivity contribution < 1.29 is 18.7 Å². The number of ketones is 1. The van der Waals surface area contributed by atoms with Crippen LogP contribution >= 0.6 is 11.8 Å². The number of halogens is 1. The highest BCUT2D eigenvalue weighted by Crippen LogP contribution is 2.25. The predicted octanol–water partition coefficient (Wildman–Crippen LogP) is 3.33. The topological polar surface area (TPSA) is 89.9 Å². The fourth-order valence-electron chi connectivity index (χ4n) is 2.93. The highest BCUT2D eigenvalue weighted by molar-refractivity contribution is 7.99. The number of aromatic amines is 1. The molecule has 9 heteroatoms. The number of nitrogens with zero attached hydrogens (tertiary/aromatic N) is 3. The van der Waals surface area contributed by atoms with Gasteiger partial charge in [0, 0.05) is 18.3 Å². The monoisotopic (exact) mass is 402 g/mol. The summed E-state index contributed by atoms with van der Waals surface area (Å²) in [6.45, 7) is 3.43. The minimum absolute atomic E-state index is 0.122. The summed E-state index contributed by atoms with van der Waals surface area (Å²) in [6, 6.07) is 5.96. The third kappa shape index (κ3) is 3.70. The third-order valence-electron chi connectivity index (χ3n) is 4.38. The molecule has 0 saturated carbocycles. The lowest BCUT2D eigenvalue weighted by molar-refractivity contribution is 0.0599. The molecule has 3 rings (SSSR count). The number of esters is 1. The van der Waals surface area contributed by atoms with Gasteiger partial charge in [-0.3, -0.25) is 4.79 Å². The molecule has 0 bridgehead atoms. The molecule has 0 fully saturated rings. The van der Waals surface area contributed by atoms with Crippen molar-refractivity contribution in [3.8, 4) is 11.4 Å². The van der Waals surface area contributed by atoms with E-state index in [9.17, 15) is 14.0 Å². The number of Topliss-reactive ketones (excluding diaryl/α,β-unsaturated/α-hetero) is 1. The SMILES string of the molecule is COC(=O)c1c(C)[nH]c(C(=O)CSc2nnc(-c3ccc(F)cc3)n2C)c1C. The molecule has 2 aromatic heterocycles. The van der Waals surface area contributed by atoms with Crippen molar-refractivity contribution in [3.05, 3.63) is 52.6 Å². The molecule has 0 amide bonds. The molecule has 0 radical (unpaired) electrons. The Morgan fingerprint density at radius 1 is 1.21 bits per heavy atom. The Hall–Kier alpha value is -2.94. The first kappa shape index (κ1) is 19.8. The van der Waals surface area contributed by atoms with Crippen LogP contribution in [0.5, 0.6) is 0 Å². The zero-order chi connectivity index (χ0) is 20.4. The van der Waals surface area contributed by atoms with Gasteiger partial charge in [0.25, 0.3) is 0 Å². The van der Waals surface area contributed by atoms with Crippen LogP contribution in [0.2, 0.25) is 0 Å². The van der Waals surface area contributed by atoms with E-state index in [2.05, 4.69) is 15.2 Å². The zero-order valence-corrected chi connectivity index (χ0v) is 16.7. The number of hydrogen-bond donors (Lipinski definition) is 1.